The molecule has 0 spiro atoms. The minimum Gasteiger partial charge on any atom is -0.480 e. The van der Waals surface area contributed by atoms with Crippen LogP contribution in [0.25, 0.3) is 0 Å². The molecule has 3 N–H and O–H groups in total. The number of nitrogens with two attached hydrogens (primary N) is 1. The first kappa shape index (κ1) is 19.5. The largest absolute Gasteiger partial charge is 0.480 e. The van der Waals surface area contributed by atoms with Crippen molar-refractivity contribution >= 4 is 30.4 Å². The van der Waals surface area contributed by atoms with E-state index in [0.717, 1.165) is 12.2 Å². The summed E-state index contributed by atoms with van der Waals surface area (Å²) < 4.78 is 0. The molecule has 0 aliphatic heterocycles. The molecular weight excluding hydrogens is 254 g/mol. The molecule has 0 saturated heterocycles. The predicted octanol–water partition coefficient (Wildman–Crippen LogP) is 3.03. The Morgan fingerprint density at radius 3 is 2.12 bits per heavy atom. The van der Waals surface area contributed by atoms with Gasteiger partial charge in [-0.25, -0.2) is 0 Å². The lowest BCUT2D eigenvalue weighted by Gasteiger charge is -2.09. The Morgan fingerprint density at radius 2 is 1.82 bits per heavy atom. The number of thioether (sulfide) groups is 1. The molecule has 0 radical (unpaired) electrons. The van der Waals surface area contributed by atoms with Gasteiger partial charge < -0.3 is 10.8 Å². The molecule has 0 saturated carbocycles. The number of rotatable bonds is 7. The molecule has 0 rings (SSSR count). The maximum atomic E-state index is 10.3. The van der Waals surface area contributed by atoms with Crippen molar-refractivity contribution in [3.05, 3.63) is 0 Å². The Kier molecular flexibility index (Phi) is 14.4. The number of hydrogen-bond acceptors (Lipinski definition) is 4. The monoisotopic (exact) mass is 281 g/mol. The summed E-state index contributed by atoms with van der Waals surface area (Å²) in [6.07, 6.45) is 2.85. The van der Waals surface area contributed by atoms with Gasteiger partial charge in [-0.1, -0.05) is 27.7 Å². The van der Waals surface area contributed by atoms with Crippen LogP contribution >= 0.6 is 24.4 Å². The summed E-state index contributed by atoms with van der Waals surface area (Å²) in [5.74, 6) is -0.0672. The summed E-state index contributed by atoms with van der Waals surface area (Å²) in [6.45, 7) is 8.46. The van der Waals surface area contributed by atoms with Crippen LogP contribution in [0.4, 0.5) is 0 Å². The third kappa shape index (κ3) is 16.1. The first-order valence-electron chi connectivity index (χ1n) is 6.13. The van der Waals surface area contributed by atoms with Gasteiger partial charge in [0.05, 0.1) is 0 Å². The van der Waals surface area contributed by atoms with Crippen molar-refractivity contribution in [3.8, 4) is 0 Å². The number of thiol groups is 1. The van der Waals surface area contributed by atoms with Gasteiger partial charge in [0.25, 0.3) is 0 Å². The van der Waals surface area contributed by atoms with Crippen molar-refractivity contribution in [2.24, 2.45) is 5.73 Å². The van der Waals surface area contributed by atoms with E-state index in [2.05, 4.69) is 40.3 Å². The van der Waals surface area contributed by atoms with Crippen LogP contribution in [-0.4, -0.2) is 33.4 Å². The highest BCUT2D eigenvalue weighted by Gasteiger charge is 2.10. The van der Waals surface area contributed by atoms with Crippen LogP contribution < -0.4 is 5.73 Å². The van der Waals surface area contributed by atoms with E-state index in [1.165, 1.54) is 6.42 Å². The topological polar surface area (TPSA) is 63.3 Å². The Morgan fingerprint density at radius 1 is 1.35 bits per heavy atom. The minimum absolute atomic E-state index is 0.560. The summed E-state index contributed by atoms with van der Waals surface area (Å²) in [7, 11) is 0. The van der Waals surface area contributed by atoms with Gasteiger partial charge in [0.1, 0.15) is 6.04 Å². The Balaban J connectivity index is 0. The minimum atomic E-state index is -0.903. The van der Waals surface area contributed by atoms with Gasteiger partial charge in [-0.15, -0.1) is 0 Å². The molecular formula is C12H27NO2S2. The van der Waals surface area contributed by atoms with Crippen LogP contribution in [-0.2, 0) is 4.79 Å². The fourth-order valence-corrected chi connectivity index (χ4v) is 1.67. The molecule has 0 aromatic heterocycles. The maximum absolute atomic E-state index is 10.3. The van der Waals surface area contributed by atoms with Gasteiger partial charge in [0.2, 0.25) is 0 Å². The number of aliphatic carboxylic acids is 1. The molecule has 0 aromatic rings. The van der Waals surface area contributed by atoms with E-state index >= 15 is 0 Å². The van der Waals surface area contributed by atoms with Crippen LogP contribution in [0.3, 0.4) is 0 Å². The quantitative estimate of drug-likeness (QED) is 0.628. The molecule has 0 fully saturated rings. The van der Waals surface area contributed by atoms with Crippen LogP contribution in [0.5, 0.6) is 0 Å². The van der Waals surface area contributed by atoms with Crippen molar-refractivity contribution in [3.63, 3.8) is 0 Å². The lowest BCUT2D eigenvalue weighted by molar-refractivity contribution is -0.138. The van der Waals surface area contributed by atoms with Crippen molar-refractivity contribution in [2.45, 2.75) is 63.5 Å². The third-order valence-electron chi connectivity index (χ3n) is 2.31. The van der Waals surface area contributed by atoms with E-state index in [0.29, 0.717) is 16.9 Å². The van der Waals surface area contributed by atoms with Crippen molar-refractivity contribution in [1.29, 1.82) is 0 Å². The van der Waals surface area contributed by atoms with Crippen molar-refractivity contribution in [2.75, 3.05) is 5.75 Å². The van der Waals surface area contributed by atoms with Crippen molar-refractivity contribution in [1.82, 2.24) is 0 Å². The second-order valence-corrected chi connectivity index (χ2v) is 6.51. The Hall–Kier alpha value is 0.130. The molecule has 0 heterocycles. The molecule has 104 valence electrons. The number of carboxylic acid groups (broad SMARTS) is 1. The molecule has 0 bridgehead atoms. The van der Waals surface area contributed by atoms with E-state index in [9.17, 15) is 4.79 Å². The number of carbonyl (C=O) groups is 1. The zero-order valence-corrected chi connectivity index (χ0v) is 13.1. The SMILES string of the molecule is CCC(C)S.CCC(C)SCC[C@H](N)C(=O)O. The van der Waals surface area contributed by atoms with E-state index in [1.807, 2.05) is 0 Å². The van der Waals surface area contributed by atoms with Crippen molar-refractivity contribution < 1.29 is 9.90 Å². The highest BCUT2D eigenvalue weighted by atomic mass is 32.2. The van der Waals surface area contributed by atoms with Gasteiger partial charge in [0, 0.05) is 5.25 Å². The highest BCUT2D eigenvalue weighted by Crippen LogP contribution is 2.14. The summed E-state index contributed by atoms with van der Waals surface area (Å²) in [5.41, 5.74) is 5.33. The molecule has 0 aromatic carbocycles. The van der Waals surface area contributed by atoms with Crippen LogP contribution in [0.1, 0.15) is 47.0 Å². The fourth-order valence-electron chi connectivity index (χ4n) is 0.638. The molecule has 3 nitrogen and oxygen atoms in total. The molecule has 5 heteroatoms. The van der Waals surface area contributed by atoms with Crippen LogP contribution in [0, 0.1) is 0 Å². The normalized spacial score (nSPS) is 15.4. The fraction of sp³-hybridized carbons (Fsp3) is 0.917. The smallest absolute Gasteiger partial charge is 0.320 e. The standard InChI is InChI=1S/C8H17NO2S.C4H10S/c1-3-6(2)12-5-4-7(9)8(10)11;1-3-4(2)5/h6-7H,3-5,9H2,1-2H3,(H,10,11);4-5H,3H2,1-2H3/t6?,7-;/m0./s1. The van der Waals surface area contributed by atoms with Crippen LogP contribution in [0.2, 0.25) is 0 Å². The lowest BCUT2D eigenvalue weighted by Crippen LogP contribution is -2.30. The third-order valence-corrected chi connectivity index (χ3v) is 4.05. The number of hydrogen-bond donors (Lipinski definition) is 3. The molecule has 0 aliphatic rings. The summed E-state index contributed by atoms with van der Waals surface area (Å²) in [4.78, 5) is 10.3. The van der Waals surface area contributed by atoms with Gasteiger partial charge in [-0.3, -0.25) is 4.79 Å². The van der Waals surface area contributed by atoms with Crippen LogP contribution in [0.15, 0.2) is 0 Å². The molecule has 2 unspecified atom stereocenters. The van der Waals surface area contributed by atoms with E-state index in [-0.39, 0.29) is 0 Å². The zero-order chi connectivity index (χ0) is 13.8. The Labute approximate surface area is 115 Å². The molecule has 0 amide bonds. The second kappa shape index (κ2) is 12.6. The van der Waals surface area contributed by atoms with E-state index in [1.54, 1.807) is 11.8 Å². The lowest BCUT2D eigenvalue weighted by atomic mass is 10.2. The first-order valence-corrected chi connectivity index (χ1v) is 7.69. The number of carboxylic acids is 1. The van der Waals surface area contributed by atoms with Gasteiger partial charge in [-0.05, 0) is 30.3 Å². The summed E-state index contributed by atoms with van der Waals surface area (Å²) in [5, 5.41) is 9.65. The Bertz CT molecular complexity index is 189. The van der Waals surface area contributed by atoms with E-state index < -0.39 is 12.0 Å². The average Bonchev–Trinajstić information content (AvgIpc) is 2.29. The molecule has 3 atom stereocenters. The predicted molar refractivity (Wildman–Crippen MR) is 81.2 cm³/mol. The maximum Gasteiger partial charge on any atom is 0.320 e. The molecule has 17 heavy (non-hydrogen) atoms. The first-order chi connectivity index (χ1) is 7.84. The van der Waals surface area contributed by atoms with Gasteiger partial charge in [0.15, 0.2) is 0 Å². The summed E-state index contributed by atoms with van der Waals surface area (Å²) in [6, 6.07) is -0.693. The van der Waals surface area contributed by atoms with E-state index in [4.69, 9.17) is 10.8 Å². The molecule has 0 aliphatic carbocycles. The summed E-state index contributed by atoms with van der Waals surface area (Å²) >= 11 is 5.88. The van der Waals surface area contributed by atoms with Gasteiger partial charge in [-0.2, -0.15) is 24.4 Å². The zero-order valence-electron chi connectivity index (χ0n) is 11.3. The average molecular weight is 281 g/mol. The second-order valence-electron chi connectivity index (χ2n) is 4.08. The highest BCUT2D eigenvalue weighted by molar-refractivity contribution is 7.99. The van der Waals surface area contributed by atoms with Gasteiger partial charge >= 0.3 is 5.97 Å².